The van der Waals surface area contributed by atoms with Gasteiger partial charge in [0.05, 0.1) is 18.2 Å². The van der Waals surface area contributed by atoms with E-state index in [9.17, 15) is 9.59 Å². The maximum Gasteiger partial charge on any atom is 0.229 e. The van der Waals surface area contributed by atoms with Crippen molar-refractivity contribution in [2.45, 2.75) is 32.4 Å². The highest BCUT2D eigenvalue weighted by Crippen LogP contribution is 2.31. The number of hydrogen-bond acceptors (Lipinski definition) is 3. The molecular formula is C24H24N2O3. The number of nitrogens with one attached hydrogen (secondary N) is 1. The molecule has 148 valence electrons. The molecule has 0 aliphatic carbocycles. The van der Waals surface area contributed by atoms with E-state index in [-0.39, 0.29) is 17.6 Å². The van der Waals surface area contributed by atoms with E-state index in [1.165, 1.54) is 0 Å². The first kappa shape index (κ1) is 19.0. The Morgan fingerprint density at radius 3 is 2.69 bits per heavy atom. The third-order valence-corrected chi connectivity index (χ3v) is 5.27. The number of carbonyl (C=O) groups excluding carboxylic acids is 2. The monoisotopic (exact) mass is 388 g/mol. The molecule has 5 heteroatoms. The minimum atomic E-state index is -0.234. The van der Waals surface area contributed by atoms with Gasteiger partial charge in [-0.15, -0.1) is 0 Å². The van der Waals surface area contributed by atoms with Gasteiger partial charge in [0.1, 0.15) is 5.75 Å². The molecule has 0 bridgehead atoms. The van der Waals surface area contributed by atoms with E-state index in [0.29, 0.717) is 37.4 Å². The van der Waals surface area contributed by atoms with Crippen LogP contribution < -0.4 is 10.1 Å². The molecule has 0 saturated heterocycles. The highest BCUT2D eigenvalue weighted by molar-refractivity contribution is 6.08. The van der Waals surface area contributed by atoms with Gasteiger partial charge in [0.15, 0.2) is 0 Å². The topological polar surface area (TPSA) is 60.3 Å². The van der Waals surface area contributed by atoms with Crippen LogP contribution in [0.15, 0.2) is 66.7 Å². The molecule has 1 amide bonds. The van der Waals surface area contributed by atoms with Crippen LogP contribution in [0.25, 0.3) is 0 Å². The van der Waals surface area contributed by atoms with E-state index in [0.717, 1.165) is 17.0 Å². The zero-order valence-electron chi connectivity index (χ0n) is 16.4. The Labute approximate surface area is 170 Å². The quantitative estimate of drug-likeness (QED) is 0.624. The standard InChI is InChI=1S/C24H24N2O3/c1-2-29-19-10-6-7-17(15-19)16-25-24(28)20-13-14-26-21(20)11-12-22(26)23(27)18-8-4-3-5-9-18/h3-12,15,20H,2,13-14,16H2,1H3,(H,25,28). The molecule has 4 rings (SSSR count). The predicted molar refractivity (Wildman–Crippen MR) is 111 cm³/mol. The van der Waals surface area contributed by atoms with Crippen LogP contribution in [0.4, 0.5) is 0 Å². The summed E-state index contributed by atoms with van der Waals surface area (Å²) in [6, 6.07) is 20.7. The average Bonchev–Trinajstić information content (AvgIpc) is 3.35. The summed E-state index contributed by atoms with van der Waals surface area (Å²) in [4.78, 5) is 25.6. The second-order valence-electron chi connectivity index (χ2n) is 7.13. The normalized spacial score (nSPS) is 15.0. The van der Waals surface area contributed by atoms with Crippen LogP contribution in [-0.2, 0) is 17.9 Å². The third-order valence-electron chi connectivity index (χ3n) is 5.27. The molecule has 1 atom stereocenters. The number of aromatic nitrogens is 1. The van der Waals surface area contributed by atoms with Crippen LogP contribution in [0.2, 0.25) is 0 Å². The van der Waals surface area contributed by atoms with Crippen LogP contribution in [0.5, 0.6) is 5.75 Å². The molecule has 5 nitrogen and oxygen atoms in total. The van der Waals surface area contributed by atoms with Crippen LogP contribution >= 0.6 is 0 Å². The van der Waals surface area contributed by atoms with E-state index in [1.807, 2.05) is 78.2 Å². The summed E-state index contributed by atoms with van der Waals surface area (Å²) in [5.41, 5.74) is 3.21. The van der Waals surface area contributed by atoms with Crippen molar-refractivity contribution in [3.05, 3.63) is 89.2 Å². The van der Waals surface area contributed by atoms with Crippen molar-refractivity contribution in [1.29, 1.82) is 0 Å². The molecule has 1 aliphatic rings. The second kappa shape index (κ2) is 8.35. The van der Waals surface area contributed by atoms with Crippen molar-refractivity contribution in [3.8, 4) is 5.75 Å². The Balaban J connectivity index is 1.44. The molecule has 1 N–H and O–H groups in total. The Bertz CT molecular complexity index is 1020. The largest absolute Gasteiger partial charge is 0.494 e. The Morgan fingerprint density at radius 2 is 1.90 bits per heavy atom. The van der Waals surface area contributed by atoms with Crippen LogP contribution in [0.3, 0.4) is 0 Å². The zero-order valence-corrected chi connectivity index (χ0v) is 16.4. The number of nitrogens with zero attached hydrogens (tertiary/aromatic N) is 1. The van der Waals surface area contributed by atoms with Gasteiger partial charge < -0.3 is 14.6 Å². The summed E-state index contributed by atoms with van der Waals surface area (Å²) in [5, 5.41) is 3.03. The van der Waals surface area contributed by atoms with Crippen molar-refractivity contribution in [3.63, 3.8) is 0 Å². The van der Waals surface area contributed by atoms with E-state index in [4.69, 9.17) is 4.74 Å². The van der Waals surface area contributed by atoms with E-state index >= 15 is 0 Å². The third kappa shape index (κ3) is 3.94. The van der Waals surface area contributed by atoms with Gasteiger partial charge in [-0.1, -0.05) is 42.5 Å². The number of hydrogen-bond donors (Lipinski definition) is 1. The van der Waals surface area contributed by atoms with Crippen LogP contribution in [0.1, 0.15) is 46.6 Å². The fourth-order valence-corrected chi connectivity index (χ4v) is 3.87. The lowest BCUT2D eigenvalue weighted by Gasteiger charge is -2.12. The minimum Gasteiger partial charge on any atom is -0.494 e. The van der Waals surface area contributed by atoms with Gasteiger partial charge in [0, 0.05) is 24.3 Å². The molecule has 3 aromatic rings. The summed E-state index contributed by atoms with van der Waals surface area (Å²) in [7, 11) is 0. The Kier molecular flexibility index (Phi) is 5.47. The Hall–Kier alpha value is -3.34. The van der Waals surface area contributed by atoms with Crippen molar-refractivity contribution in [1.82, 2.24) is 9.88 Å². The van der Waals surface area contributed by atoms with Gasteiger partial charge >= 0.3 is 0 Å². The first-order chi connectivity index (χ1) is 14.2. The SMILES string of the molecule is CCOc1cccc(CNC(=O)C2CCn3c(C(=O)c4ccccc4)ccc32)c1. The van der Waals surface area contributed by atoms with E-state index in [1.54, 1.807) is 0 Å². The summed E-state index contributed by atoms with van der Waals surface area (Å²) in [6.45, 7) is 3.68. The summed E-state index contributed by atoms with van der Waals surface area (Å²) >= 11 is 0. The summed E-state index contributed by atoms with van der Waals surface area (Å²) in [6.07, 6.45) is 0.704. The summed E-state index contributed by atoms with van der Waals surface area (Å²) < 4.78 is 7.49. The smallest absolute Gasteiger partial charge is 0.229 e. The van der Waals surface area contributed by atoms with E-state index in [2.05, 4.69) is 5.32 Å². The van der Waals surface area contributed by atoms with E-state index < -0.39 is 0 Å². The highest BCUT2D eigenvalue weighted by atomic mass is 16.5. The molecule has 2 aromatic carbocycles. The molecule has 2 heterocycles. The number of carbonyl (C=O) groups is 2. The number of benzene rings is 2. The van der Waals surface area contributed by atoms with Crippen molar-refractivity contribution in [2.75, 3.05) is 6.61 Å². The lowest BCUT2D eigenvalue weighted by Crippen LogP contribution is -2.27. The van der Waals surface area contributed by atoms with Gasteiger partial charge in [-0.05, 0) is 43.2 Å². The van der Waals surface area contributed by atoms with Crippen molar-refractivity contribution >= 4 is 11.7 Å². The van der Waals surface area contributed by atoms with Gasteiger partial charge in [-0.25, -0.2) is 0 Å². The Morgan fingerprint density at radius 1 is 1.07 bits per heavy atom. The lowest BCUT2D eigenvalue weighted by molar-refractivity contribution is -0.122. The number of rotatable bonds is 7. The molecule has 0 fully saturated rings. The van der Waals surface area contributed by atoms with Crippen LogP contribution in [0, 0.1) is 0 Å². The fourth-order valence-electron chi connectivity index (χ4n) is 3.87. The molecule has 0 spiro atoms. The lowest BCUT2D eigenvalue weighted by atomic mass is 10.0. The van der Waals surface area contributed by atoms with Crippen molar-refractivity contribution < 1.29 is 14.3 Å². The van der Waals surface area contributed by atoms with Gasteiger partial charge in [-0.3, -0.25) is 9.59 Å². The predicted octanol–water partition coefficient (Wildman–Crippen LogP) is 3.92. The maximum absolute atomic E-state index is 12.8. The number of ketones is 1. The first-order valence-corrected chi connectivity index (χ1v) is 9.96. The first-order valence-electron chi connectivity index (χ1n) is 9.96. The number of amides is 1. The number of fused-ring (bicyclic) bond motifs is 1. The zero-order chi connectivity index (χ0) is 20.2. The average molecular weight is 388 g/mol. The van der Waals surface area contributed by atoms with Gasteiger partial charge in [0.25, 0.3) is 0 Å². The molecule has 1 unspecified atom stereocenters. The van der Waals surface area contributed by atoms with Gasteiger partial charge in [-0.2, -0.15) is 0 Å². The summed E-state index contributed by atoms with van der Waals surface area (Å²) in [5.74, 6) is 0.550. The molecular weight excluding hydrogens is 364 g/mol. The molecule has 1 aromatic heterocycles. The molecule has 29 heavy (non-hydrogen) atoms. The molecule has 0 saturated carbocycles. The maximum atomic E-state index is 12.8. The van der Waals surface area contributed by atoms with Crippen molar-refractivity contribution in [2.24, 2.45) is 0 Å². The fraction of sp³-hybridized carbons (Fsp3) is 0.250. The molecule has 0 radical (unpaired) electrons. The van der Waals surface area contributed by atoms with Gasteiger partial charge in [0.2, 0.25) is 11.7 Å². The van der Waals surface area contributed by atoms with Crippen LogP contribution in [-0.4, -0.2) is 22.9 Å². The molecule has 1 aliphatic heterocycles. The highest BCUT2D eigenvalue weighted by Gasteiger charge is 2.31. The number of ether oxygens (including phenoxy) is 1. The minimum absolute atomic E-state index is 0.00866. The second-order valence-corrected chi connectivity index (χ2v) is 7.13.